The highest BCUT2D eigenvalue weighted by Gasteiger charge is 2.57. The van der Waals surface area contributed by atoms with Gasteiger partial charge in [-0.25, -0.2) is 0 Å². The number of carbonyl (C=O) groups is 2. The minimum absolute atomic E-state index is 0.0602. The van der Waals surface area contributed by atoms with Crippen molar-refractivity contribution in [2.24, 2.45) is 5.73 Å². The van der Waals surface area contributed by atoms with E-state index in [4.69, 9.17) is 15.6 Å². The fourth-order valence-electron chi connectivity index (χ4n) is 4.09. The first-order valence-corrected chi connectivity index (χ1v) is 10.9. The van der Waals surface area contributed by atoms with Crippen LogP contribution < -0.4 is 21.3 Å². The zero-order chi connectivity index (χ0) is 24.5. The molecule has 0 aliphatic heterocycles. The van der Waals surface area contributed by atoms with E-state index in [1.165, 1.54) is 0 Å². The maximum Gasteiger partial charge on any atom is 0.307 e. The summed E-state index contributed by atoms with van der Waals surface area (Å²) in [4.78, 5) is 37.0. The molecular formula is C26H27N3O5. The van der Waals surface area contributed by atoms with Gasteiger partial charge in [0.1, 0.15) is 17.0 Å². The van der Waals surface area contributed by atoms with Gasteiger partial charge < -0.3 is 25.5 Å². The number of amides is 1. The lowest BCUT2D eigenvalue weighted by Gasteiger charge is -2.16. The number of aliphatic carboxylic acids is 1. The van der Waals surface area contributed by atoms with Crippen LogP contribution in [0.5, 0.6) is 5.75 Å². The van der Waals surface area contributed by atoms with Crippen LogP contribution >= 0.6 is 0 Å². The van der Waals surface area contributed by atoms with Gasteiger partial charge in [0, 0.05) is 12.1 Å². The molecule has 2 aromatic carbocycles. The molecule has 34 heavy (non-hydrogen) atoms. The maximum atomic E-state index is 13.1. The van der Waals surface area contributed by atoms with Crippen LogP contribution in [0.4, 0.5) is 5.69 Å². The van der Waals surface area contributed by atoms with Crippen LogP contribution in [0, 0.1) is 6.92 Å². The molecule has 0 bridgehead atoms. The Hall–Kier alpha value is -3.91. The summed E-state index contributed by atoms with van der Waals surface area (Å²) in [5.74, 6) is -0.772. The van der Waals surface area contributed by atoms with Crippen molar-refractivity contribution < 1.29 is 19.4 Å². The fraction of sp³-hybridized carbons (Fsp3) is 0.269. The third kappa shape index (κ3) is 4.72. The number of rotatable bonds is 8. The third-order valence-electron chi connectivity index (χ3n) is 6.29. The number of nitrogens with one attached hydrogen (secondary N) is 1. The number of aromatic nitrogens is 1. The van der Waals surface area contributed by atoms with Crippen LogP contribution in [0.25, 0.3) is 0 Å². The second-order valence-corrected chi connectivity index (χ2v) is 8.72. The largest absolute Gasteiger partial charge is 0.497 e. The molecule has 0 radical (unpaired) electrons. The standard InChI is InChI=1S/C26H27N3O5/c1-16-11-12-29(15-18-5-9-20(34-2)10-6-18)24(32)23(16)28-25(33)26(27)14-21(26)19-7-3-17(4-8-19)13-22(30)31/h3-12,21H,13-15,27H2,1-2H3,(H,28,33)(H,30,31)/t21-,26?/m1/s1. The van der Waals surface area contributed by atoms with Crippen molar-refractivity contribution in [3.05, 3.63) is 93.4 Å². The number of ether oxygens (including phenoxy) is 1. The predicted octanol–water partition coefficient (Wildman–Crippen LogP) is 2.66. The summed E-state index contributed by atoms with van der Waals surface area (Å²) in [5, 5.41) is 11.7. The molecule has 1 aliphatic rings. The molecule has 4 rings (SSSR count). The number of benzene rings is 2. The molecule has 1 unspecified atom stereocenters. The number of hydrogen-bond donors (Lipinski definition) is 3. The number of hydrogen-bond acceptors (Lipinski definition) is 5. The van der Waals surface area contributed by atoms with Crippen LogP contribution in [0.1, 0.15) is 34.6 Å². The molecule has 1 aliphatic carbocycles. The normalized spacial score (nSPS) is 18.9. The molecule has 176 valence electrons. The van der Waals surface area contributed by atoms with E-state index in [9.17, 15) is 14.4 Å². The van der Waals surface area contributed by atoms with Crippen LogP contribution in [0.2, 0.25) is 0 Å². The zero-order valence-electron chi connectivity index (χ0n) is 19.1. The molecule has 8 nitrogen and oxygen atoms in total. The number of methoxy groups -OCH3 is 1. The van der Waals surface area contributed by atoms with Crippen molar-refractivity contribution in [1.82, 2.24) is 4.57 Å². The lowest BCUT2D eigenvalue weighted by atomic mass is 10.0. The average molecular weight is 462 g/mol. The van der Waals surface area contributed by atoms with Gasteiger partial charge in [-0.2, -0.15) is 0 Å². The van der Waals surface area contributed by atoms with E-state index in [0.717, 1.165) is 16.9 Å². The fourth-order valence-corrected chi connectivity index (χ4v) is 4.09. The molecular weight excluding hydrogens is 434 g/mol. The molecule has 3 aromatic rings. The summed E-state index contributed by atoms with van der Waals surface area (Å²) in [6.07, 6.45) is 2.09. The number of pyridine rings is 1. The summed E-state index contributed by atoms with van der Waals surface area (Å²) in [6, 6.07) is 16.3. The maximum absolute atomic E-state index is 13.1. The molecule has 4 N–H and O–H groups in total. The van der Waals surface area contributed by atoms with Crippen molar-refractivity contribution in [2.75, 3.05) is 12.4 Å². The van der Waals surface area contributed by atoms with E-state index in [1.54, 1.807) is 55.1 Å². The van der Waals surface area contributed by atoms with Gasteiger partial charge in [-0.1, -0.05) is 36.4 Å². The van der Waals surface area contributed by atoms with E-state index in [1.807, 2.05) is 24.3 Å². The molecule has 1 fully saturated rings. The van der Waals surface area contributed by atoms with Crippen molar-refractivity contribution in [3.63, 3.8) is 0 Å². The van der Waals surface area contributed by atoms with E-state index in [2.05, 4.69) is 5.32 Å². The highest BCUT2D eigenvalue weighted by atomic mass is 16.5. The van der Waals surface area contributed by atoms with Crippen molar-refractivity contribution in [3.8, 4) is 5.75 Å². The van der Waals surface area contributed by atoms with Gasteiger partial charge in [-0.15, -0.1) is 0 Å². The molecule has 0 spiro atoms. The number of anilines is 1. The Balaban J connectivity index is 1.49. The first kappa shape index (κ1) is 23.3. The van der Waals surface area contributed by atoms with Gasteiger partial charge in [0.05, 0.1) is 20.1 Å². The van der Waals surface area contributed by atoms with Gasteiger partial charge in [0.25, 0.3) is 5.56 Å². The number of carbonyl (C=O) groups excluding carboxylic acids is 1. The second kappa shape index (κ2) is 9.15. The second-order valence-electron chi connectivity index (χ2n) is 8.72. The highest BCUT2D eigenvalue weighted by Crippen LogP contribution is 2.50. The van der Waals surface area contributed by atoms with Crippen LogP contribution in [0.15, 0.2) is 65.6 Å². The van der Waals surface area contributed by atoms with Crippen molar-refractivity contribution >= 4 is 17.6 Å². The minimum atomic E-state index is -1.12. The summed E-state index contributed by atoms with van der Waals surface area (Å²) in [6.45, 7) is 2.12. The Morgan fingerprint density at radius 3 is 2.38 bits per heavy atom. The lowest BCUT2D eigenvalue weighted by molar-refractivity contribution is -0.136. The monoisotopic (exact) mass is 461 g/mol. The summed E-state index contributed by atoms with van der Waals surface area (Å²) in [7, 11) is 1.59. The number of nitrogens with zero attached hydrogens (tertiary/aromatic N) is 1. The van der Waals surface area contributed by atoms with Gasteiger partial charge in [-0.3, -0.25) is 14.4 Å². The smallest absolute Gasteiger partial charge is 0.307 e. The molecule has 1 heterocycles. The molecule has 8 heteroatoms. The number of carboxylic acids is 1. The van der Waals surface area contributed by atoms with Crippen molar-refractivity contribution in [2.45, 2.75) is 37.8 Å². The molecule has 0 saturated heterocycles. The average Bonchev–Trinajstić information content (AvgIpc) is 3.52. The van der Waals surface area contributed by atoms with E-state index in [0.29, 0.717) is 24.1 Å². The molecule has 1 saturated carbocycles. The quantitative estimate of drug-likeness (QED) is 0.474. The number of carboxylic acid groups (broad SMARTS) is 1. The first-order chi connectivity index (χ1) is 16.2. The molecule has 2 atom stereocenters. The van der Waals surface area contributed by atoms with Gasteiger partial charge in [-0.05, 0) is 53.8 Å². The van der Waals surface area contributed by atoms with Gasteiger partial charge in [0.15, 0.2) is 0 Å². The topological polar surface area (TPSA) is 124 Å². The summed E-state index contributed by atoms with van der Waals surface area (Å²) in [5.41, 5.74) is 8.32. The highest BCUT2D eigenvalue weighted by molar-refractivity contribution is 6.02. The first-order valence-electron chi connectivity index (χ1n) is 10.9. The third-order valence-corrected chi connectivity index (χ3v) is 6.29. The number of aryl methyl sites for hydroxylation is 1. The number of nitrogens with two attached hydrogens (primary N) is 1. The Labute approximate surface area is 197 Å². The lowest BCUT2D eigenvalue weighted by Crippen LogP contribution is -2.41. The van der Waals surface area contributed by atoms with E-state index < -0.39 is 17.4 Å². The van der Waals surface area contributed by atoms with Crippen LogP contribution in [0.3, 0.4) is 0 Å². The Bertz CT molecular complexity index is 1280. The SMILES string of the molecule is COc1ccc(Cn2ccc(C)c(NC(=O)C3(N)C[C@@H]3c3ccc(CC(=O)O)cc3)c2=O)cc1. The van der Waals surface area contributed by atoms with Gasteiger partial charge >= 0.3 is 5.97 Å². The van der Waals surface area contributed by atoms with Crippen LogP contribution in [-0.2, 0) is 22.6 Å². The molecule has 1 amide bonds. The molecule has 1 aromatic heterocycles. The zero-order valence-corrected chi connectivity index (χ0v) is 19.1. The van der Waals surface area contributed by atoms with E-state index >= 15 is 0 Å². The minimum Gasteiger partial charge on any atom is -0.497 e. The Morgan fingerprint density at radius 2 is 1.76 bits per heavy atom. The van der Waals surface area contributed by atoms with Gasteiger partial charge in [0.2, 0.25) is 5.91 Å². The van der Waals surface area contributed by atoms with Crippen LogP contribution in [-0.4, -0.2) is 34.2 Å². The Kier molecular flexibility index (Phi) is 6.26. The van der Waals surface area contributed by atoms with E-state index in [-0.39, 0.29) is 23.6 Å². The predicted molar refractivity (Wildman–Crippen MR) is 128 cm³/mol. The summed E-state index contributed by atoms with van der Waals surface area (Å²) >= 11 is 0. The van der Waals surface area contributed by atoms with Crippen molar-refractivity contribution in [1.29, 1.82) is 0 Å². The Morgan fingerprint density at radius 1 is 1.12 bits per heavy atom. The summed E-state index contributed by atoms with van der Waals surface area (Å²) < 4.78 is 6.71.